The van der Waals surface area contributed by atoms with Crippen molar-refractivity contribution in [2.45, 2.75) is 12.8 Å². The highest BCUT2D eigenvalue weighted by molar-refractivity contribution is 5.89. The lowest BCUT2D eigenvalue weighted by atomic mass is 10.3. The van der Waals surface area contributed by atoms with Crippen molar-refractivity contribution in [1.82, 2.24) is 9.97 Å². The molecule has 2 rings (SSSR count). The largest absolute Gasteiger partial charge is 0.491 e. The standard InChI is InChI=1S/C14H14FN3O2/c15-11-4-1-2-5-12(11)20-9-3-6-14(19)18-13-7-8-16-10-17-13/h1-2,4-5,7-8,10H,3,6,9H2,(H,16,17,18,19). The Labute approximate surface area is 115 Å². The van der Waals surface area contributed by atoms with Crippen LogP contribution < -0.4 is 10.1 Å². The topological polar surface area (TPSA) is 64.1 Å². The van der Waals surface area contributed by atoms with Gasteiger partial charge in [0.05, 0.1) is 6.61 Å². The number of carbonyl (C=O) groups is 1. The molecule has 2 aromatic rings. The average Bonchev–Trinajstić information content (AvgIpc) is 2.46. The van der Waals surface area contributed by atoms with Crippen LogP contribution in [0.25, 0.3) is 0 Å². The molecule has 0 radical (unpaired) electrons. The van der Waals surface area contributed by atoms with Crippen LogP contribution in [0.5, 0.6) is 5.75 Å². The Balaban J connectivity index is 1.69. The molecule has 1 amide bonds. The van der Waals surface area contributed by atoms with Gasteiger partial charge in [-0.05, 0) is 24.6 Å². The maximum atomic E-state index is 13.2. The smallest absolute Gasteiger partial charge is 0.225 e. The van der Waals surface area contributed by atoms with E-state index in [9.17, 15) is 9.18 Å². The molecular weight excluding hydrogens is 261 g/mol. The van der Waals surface area contributed by atoms with Crippen molar-refractivity contribution in [3.05, 3.63) is 48.7 Å². The molecule has 1 heterocycles. The van der Waals surface area contributed by atoms with Crippen molar-refractivity contribution in [1.29, 1.82) is 0 Å². The molecule has 0 aliphatic carbocycles. The third-order valence-electron chi connectivity index (χ3n) is 2.49. The van der Waals surface area contributed by atoms with Crippen molar-refractivity contribution < 1.29 is 13.9 Å². The van der Waals surface area contributed by atoms with Crippen molar-refractivity contribution in [2.75, 3.05) is 11.9 Å². The van der Waals surface area contributed by atoms with E-state index in [0.29, 0.717) is 12.2 Å². The second kappa shape index (κ2) is 7.18. The molecule has 0 bridgehead atoms. The highest BCUT2D eigenvalue weighted by Gasteiger charge is 2.04. The number of rotatable bonds is 6. The van der Waals surface area contributed by atoms with Gasteiger partial charge in [0.1, 0.15) is 12.1 Å². The first-order valence-corrected chi connectivity index (χ1v) is 6.19. The van der Waals surface area contributed by atoms with Crippen LogP contribution in [0.1, 0.15) is 12.8 Å². The van der Waals surface area contributed by atoms with Crippen LogP contribution in [0, 0.1) is 5.82 Å². The third kappa shape index (κ3) is 4.31. The van der Waals surface area contributed by atoms with Gasteiger partial charge in [0.2, 0.25) is 5.91 Å². The van der Waals surface area contributed by atoms with E-state index in [1.54, 1.807) is 30.5 Å². The fourth-order valence-electron chi connectivity index (χ4n) is 1.55. The fraction of sp³-hybridized carbons (Fsp3) is 0.214. The number of para-hydroxylation sites is 1. The SMILES string of the molecule is O=C(CCCOc1ccccc1F)Nc1ccncn1. The van der Waals surface area contributed by atoms with Crippen molar-refractivity contribution in [3.8, 4) is 5.75 Å². The molecule has 1 aromatic heterocycles. The molecule has 20 heavy (non-hydrogen) atoms. The van der Waals surface area contributed by atoms with E-state index in [-0.39, 0.29) is 24.7 Å². The number of nitrogens with one attached hydrogen (secondary N) is 1. The summed E-state index contributed by atoms with van der Waals surface area (Å²) in [5.41, 5.74) is 0. The molecule has 0 atom stereocenters. The number of anilines is 1. The lowest BCUT2D eigenvalue weighted by Gasteiger charge is -2.07. The Morgan fingerprint density at radius 2 is 2.15 bits per heavy atom. The number of nitrogens with zero attached hydrogens (tertiary/aromatic N) is 2. The van der Waals surface area contributed by atoms with Gasteiger partial charge in [0.25, 0.3) is 0 Å². The summed E-state index contributed by atoms with van der Waals surface area (Å²) in [6, 6.07) is 7.78. The molecule has 0 fully saturated rings. The highest BCUT2D eigenvalue weighted by Crippen LogP contribution is 2.15. The Hall–Kier alpha value is -2.50. The first-order valence-electron chi connectivity index (χ1n) is 6.19. The summed E-state index contributed by atoms with van der Waals surface area (Å²) in [6.45, 7) is 0.276. The summed E-state index contributed by atoms with van der Waals surface area (Å²) in [7, 11) is 0. The summed E-state index contributed by atoms with van der Waals surface area (Å²) in [6.07, 6.45) is 3.67. The van der Waals surface area contributed by atoms with Crippen LogP contribution >= 0.6 is 0 Å². The Bertz CT molecular complexity index is 563. The van der Waals surface area contributed by atoms with Gasteiger partial charge in [-0.25, -0.2) is 14.4 Å². The minimum Gasteiger partial charge on any atom is -0.491 e. The molecule has 6 heteroatoms. The molecular formula is C14H14FN3O2. The van der Waals surface area contributed by atoms with Crippen LogP contribution in [0.3, 0.4) is 0 Å². The number of hydrogen-bond donors (Lipinski definition) is 1. The molecule has 0 spiro atoms. The summed E-state index contributed by atoms with van der Waals surface area (Å²) in [5.74, 6) is 0.0856. The van der Waals surface area contributed by atoms with Crippen molar-refractivity contribution in [2.24, 2.45) is 0 Å². The summed E-state index contributed by atoms with van der Waals surface area (Å²) in [5, 5.41) is 2.63. The van der Waals surface area contributed by atoms with Gasteiger partial charge in [0, 0.05) is 12.6 Å². The molecule has 0 saturated carbocycles. The van der Waals surface area contributed by atoms with Gasteiger partial charge in [-0.3, -0.25) is 4.79 Å². The number of amides is 1. The van der Waals surface area contributed by atoms with Crippen LogP contribution in [0.15, 0.2) is 42.9 Å². The van der Waals surface area contributed by atoms with Crippen LogP contribution in [-0.4, -0.2) is 22.5 Å². The molecule has 5 nitrogen and oxygen atoms in total. The Kier molecular flexibility index (Phi) is 5.00. The van der Waals surface area contributed by atoms with E-state index in [1.165, 1.54) is 12.4 Å². The first kappa shape index (κ1) is 13.9. The predicted octanol–water partition coefficient (Wildman–Crippen LogP) is 2.41. The summed E-state index contributed by atoms with van der Waals surface area (Å²) < 4.78 is 18.5. The van der Waals surface area contributed by atoms with Gasteiger partial charge in [-0.2, -0.15) is 0 Å². The second-order valence-electron chi connectivity index (χ2n) is 4.03. The van der Waals surface area contributed by atoms with Crippen molar-refractivity contribution >= 4 is 11.7 Å². The third-order valence-corrected chi connectivity index (χ3v) is 2.49. The minimum atomic E-state index is -0.405. The number of carbonyl (C=O) groups excluding carboxylic acids is 1. The second-order valence-corrected chi connectivity index (χ2v) is 4.03. The van der Waals surface area contributed by atoms with E-state index < -0.39 is 5.82 Å². The molecule has 0 saturated heterocycles. The van der Waals surface area contributed by atoms with Gasteiger partial charge >= 0.3 is 0 Å². The van der Waals surface area contributed by atoms with Gasteiger partial charge in [0.15, 0.2) is 11.6 Å². The molecule has 0 aliphatic rings. The molecule has 104 valence electrons. The zero-order valence-electron chi connectivity index (χ0n) is 10.8. The zero-order chi connectivity index (χ0) is 14.2. The van der Waals surface area contributed by atoms with Gasteiger partial charge in [-0.1, -0.05) is 12.1 Å². The number of benzene rings is 1. The van der Waals surface area contributed by atoms with E-state index >= 15 is 0 Å². The summed E-state index contributed by atoms with van der Waals surface area (Å²) >= 11 is 0. The van der Waals surface area contributed by atoms with Gasteiger partial charge in [-0.15, -0.1) is 0 Å². The molecule has 1 N–H and O–H groups in total. The van der Waals surface area contributed by atoms with E-state index in [0.717, 1.165) is 0 Å². The minimum absolute atomic E-state index is 0.166. The van der Waals surface area contributed by atoms with E-state index in [1.807, 2.05) is 0 Å². The van der Waals surface area contributed by atoms with Crippen molar-refractivity contribution in [3.63, 3.8) is 0 Å². The van der Waals surface area contributed by atoms with Crippen LogP contribution in [-0.2, 0) is 4.79 Å². The number of hydrogen-bond acceptors (Lipinski definition) is 4. The first-order chi connectivity index (χ1) is 9.75. The number of halogens is 1. The summed E-state index contributed by atoms with van der Waals surface area (Å²) in [4.78, 5) is 19.2. The lowest BCUT2D eigenvalue weighted by molar-refractivity contribution is -0.116. The monoisotopic (exact) mass is 275 g/mol. The Morgan fingerprint density at radius 3 is 2.90 bits per heavy atom. The predicted molar refractivity (Wildman–Crippen MR) is 71.8 cm³/mol. The lowest BCUT2D eigenvalue weighted by Crippen LogP contribution is -2.13. The van der Waals surface area contributed by atoms with Crippen LogP contribution in [0.2, 0.25) is 0 Å². The fourth-order valence-corrected chi connectivity index (χ4v) is 1.55. The number of aromatic nitrogens is 2. The number of ether oxygens (including phenoxy) is 1. The highest BCUT2D eigenvalue weighted by atomic mass is 19.1. The maximum Gasteiger partial charge on any atom is 0.225 e. The van der Waals surface area contributed by atoms with Gasteiger partial charge < -0.3 is 10.1 Å². The molecule has 1 aromatic carbocycles. The maximum absolute atomic E-state index is 13.2. The van der Waals surface area contributed by atoms with E-state index in [2.05, 4.69) is 15.3 Å². The normalized spacial score (nSPS) is 10.1. The van der Waals surface area contributed by atoms with E-state index in [4.69, 9.17) is 4.74 Å². The van der Waals surface area contributed by atoms with Crippen LogP contribution in [0.4, 0.5) is 10.2 Å². The average molecular weight is 275 g/mol. The molecule has 0 aliphatic heterocycles. The quantitative estimate of drug-likeness (QED) is 0.822. The zero-order valence-corrected chi connectivity index (χ0v) is 10.8. The molecule has 0 unspecified atom stereocenters. The Morgan fingerprint density at radius 1 is 1.30 bits per heavy atom.